The van der Waals surface area contributed by atoms with Gasteiger partial charge in [0.15, 0.2) is 5.58 Å². The molecular formula is C62H43NO. The first-order valence-corrected chi connectivity index (χ1v) is 22.5. The van der Waals surface area contributed by atoms with Gasteiger partial charge in [-0.2, -0.15) is 0 Å². The number of para-hydroxylation sites is 2. The minimum Gasteiger partial charge on any atom is -0.454 e. The van der Waals surface area contributed by atoms with Gasteiger partial charge >= 0.3 is 0 Å². The van der Waals surface area contributed by atoms with E-state index in [1.807, 2.05) is 0 Å². The minimum absolute atomic E-state index is 0.518. The molecule has 0 unspecified atom stereocenters. The second-order valence-electron chi connectivity index (χ2n) is 17.4. The van der Waals surface area contributed by atoms with Crippen LogP contribution in [0.2, 0.25) is 0 Å². The first kappa shape index (κ1) is 36.7. The van der Waals surface area contributed by atoms with E-state index < -0.39 is 10.8 Å². The van der Waals surface area contributed by atoms with Gasteiger partial charge in [-0.15, -0.1) is 0 Å². The number of fused-ring (bicyclic) bond motifs is 12. The predicted octanol–water partition coefficient (Wildman–Crippen LogP) is 16.0. The summed E-state index contributed by atoms with van der Waals surface area (Å²) in [7, 11) is 0. The summed E-state index contributed by atoms with van der Waals surface area (Å²) in [5.74, 6) is 0. The van der Waals surface area contributed by atoms with E-state index in [1.54, 1.807) is 0 Å². The molecule has 9 aromatic carbocycles. The normalized spacial score (nSPS) is 18.0. The molecule has 3 aliphatic carbocycles. The van der Waals surface area contributed by atoms with Gasteiger partial charge in [0.1, 0.15) is 5.58 Å². The highest BCUT2D eigenvalue weighted by molar-refractivity contribution is 6.10. The molecule has 0 saturated carbocycles. The number of rotatable bonds is 6. The molecule has 0 atom stereocenters. The molecule has 13 rings (SSSR count). The van der Waals surface area contributed by atoms with E-state index in [9.17, 15) is 0 Å². The summed E-state index contributed by atoms with van der Waals surface area (Å²) in [4.78, 5) is 2.41. The summed E-state index contributed by atoms with van der Waals surface area (Å²) in [6.07, 6.45) is 9.33. The second kappa shape index (κ2) is 14.3. The van der Waals surface area contributed by atoms with Gasteiger partial charge in [-0.3, -0.25) is 0 Å². The molecule has 2 nitrogen and oxygen atoms in total. The molecule has 1 aromatic heterocycles. The van der Waals surface area contributed by atoms with Gasteiger partial charge in [-0.25, -0.2) is 0 Å². The number of hydrogen-bond donors (Lipinski definition) is 0. The van der Waals surface area contributed by atoms with Crippen molar-refractivity contribution in [2.24, 2.45) is 0 Å². The van der Waals surface area contributed by atoms with Gasteiger partial charge in [0.2, 0.25) is 0 Å². The highest BCUT2D eigenvalue weighted by Crippen LogP contribution is 2.65. The zero-order valence-corrected chi connectivity index (χ0v) is 35.3. The lowest BCUT2D eigenvalue weighted by molar-refractivity contribution is 0.619. The quantitative estimate of drug-likeness (QED) is 0.166. The van der Waals surface area contributed by atoms with Crippen LogP contribution < -0.4 is 4.90 Å². The zero-order valence-electron chi connectivity index (χ0n) is 35.3. The first-order valence-electron chi connectivity index (χ1n) is 22.5. The molecule has 0 saturated heterocycles. The van der Waals surface area contributed by atoms with Gasteiger partial charge in [-0.05, 0) is 116 Å². The molecule has 302 valence electrons. The van der Waals surface area contributed by atoms with Gasteiger partial charge in [0, 0.05) is 22.1 Å². The molecule has 64 heavy (non-hydrogen) atoms. The lowest BCUT2D eigenvalue weighted by Crippen LogP contribution is -2.45. The van der Waals surface area contributed by atoms with Gasteiger partial charge < -0.3 is 9.32 Å². The van der Waals surface area contributed by atoms with Crippen LogP contribution in [0.15, 0.2) is 247 Å². The smallest absolute Gasteiger partial charge is 0.159 e. The van der Waals surface area contributed by atoms with Crippen LogP contribution in [-0.4, -0.2) is 0 Å². The number of hydrogen-bond acceptors (Lipinski definition) is 2. The lowest BCUT2D eigenvalue weighted by Gasteiger charge is -2.50. The SMILES string of the molecule is C1=CC(C2(c3ccccc3)c3ccccc3C3(c4ccccc4-c4ccc(N(c5ccc(-c6ccccc6)cc5)c5cccc6c5oc5ccccc56)cc43)c3ccccc32)=CCC1. The van der Waals surface area contributed by atoms with Gasteiger partial charge in [-0.1, -0.05) is 200 Å². The first-order chi connectivity index (χ1) is 31.8. The van der Waals surface area contributed by atoms with E-state index in [-0.39, 0.29) is 0 Å². The number of furan rings is 1. The van der Waals surface area contributed by atoms with Crippen LogP contribution in [0.25, 0.3) is 44.2 Å². The number of benzene rings is 9. The summed E-state index contributed by atoms with van der Waals surface area (Å²) in [5.41, 5.74) is 19.1. The fourth-order valence-corrected chi connectivity index (χ4v) is 11.7. The fourth-order valence-electron chi connectivity index (χ4n) is 11.7. The highest BCUT2D eigenvalue weighted by atomic mass is 16.3. The third kappa shape index (κ3) is 5.08. The summed E-state index contributed by atoms with van der Waals surface area (Å²) in [6, 6.07) is 80.8. The Kier molecular flexibility index (Phi) is 8.20. The maximum absolute atomic E-state index is 6.82. The van der Waals surface area contributed by atoms with E-state index in [0.29, 0.717) is 0 Å². The van der Waals surface area contributed by atoms with Crippen molar-refractivity contribution >= 4 is 39.0 Å². The number of allylic oxidation sites excluding steroid dienone is 4. The monoisotopic (exact) mass is 817 g/mol. The van der Waals surface area contributed by atoms with Crippen molar-refractivity contribution < 1.29 is 4.42 Å². The number of nitrogens with zero attached hydrogens (tertiary/aromatic N) is 1. The van der Waals surface area contributed by atoms with E-state index >= 15 is 0 Å². The van der Waals surface area contributed by atoms with Gasteiger partial charge in [0.05, 0.1) is 16.5 Å². The molecule has 0 amide bonds. The Balaban J connectivity index is 1.11. The van der Waals surface area contributed by atoms with Crippen LogP contribution in [-0.2, 0) is 10.8 Å². The van der Waals surface area contributed by atoms with Crippen molar-refractivity contribution in [3.8, 4) is 22.3 Å². The minimum atomic E-state index is -0.611. The highest BCUT2D eigenvalue weighted by Gasteiger charge is 2.57. The predicted molar refractivity (Wildman–Crippen MR) is 264 cm³/mol. The molecule has 0 fully saturated rings. The van der Waals surface area contributed by atoms with Crippen LogP contribution in [0.5, 0.6) is 0 Å². The maximum atomic E-state index is 6.82. The summed E-state index contributed by atoms with van der Waals surface area (Å²) in [5, 5.41) is 2.21. The molecule has 0 N–H and O–H groups in total. The molecule has 1 spiro atoms. The molecule has 0 aliphatic heterocycles. The molecule has 2 heteroatoms. The fraction of sp³-hybridized carbons (Fsp3) is 0.0645. The molecule has 10 aromatic rings. The van der Waals surface area contributed by atoms with E-state index in [1.165, 1.54) is 66.8 Å². The third-order valence-corrected chi connectivity index (χ3v) is 14.2. The van der Waals surface area contributed by atoms with Crippen LogP contribution in [0.1, 0.15) is 51.8 Å². The largest absolute Gasteiger partial charge is 0.454 e. The second-order valence-corrected chi connectivity index (χ2v) is 17.4. The average Bonchev–Trinajstić information content (AvgIpc) is 3.90. The molecule has 1 heterocycles. The van der Waals surface area contributed by atoms with Crippen molar-refractivity contribution in [1.82, 2.24) is 0 Å². The van der Waals surface area contributed by atoms with Crippen LogP contribution in [0.3, 0.4) is 0 Å². The molecule has 0 radical (unpaired) electrons. The van der Waals surface area contributed by atoms with Gasteiger partial charge in [0.25, 0.3) is 0 Å². The molecule has 0 bridgehead atoms. The van der Waals surface area contributed by atoms with Crippen molar-refractivity contribution in [2.45, 2.75) is 23.7 Å². The molecule has 3 aliphatic rings. The van der Waals surface area contributed by atoms with Crippen molar-refractivity contribution in [3.05, 3.63) is 281 Å². The Morgan fingerprint density at radius 3 is 1.70 bits per heavy atom. The number of anilines is 3. The molecular weight excluding hydrogens is 775 g/mol. The third-order valence-electron chi connectivity index (χ3n) is 14.2. The average molecular weight is 818 g/mol. The Morgan fingerprint density at radius 1 is 0.406 bits per heavy atom. The van der Waals surface area contributed by atoms with Crippen LogP contribution in [0, 0.1) is 0 Å². The van der Waals surface area contributed by atoms with Crippen LogP contribution >= 0.6 is 0 Å². The lowest BCUT2D eigenvalue weighted by atomic mass is 9.51. The maximum Gasteiger partial charge on any atom is 0.159 e. The van der Waals surface area contributed by atoms with E-state index in [0.717, 1.165) is 51.8 Å². The van der Waals surface area contributed by atoms with Crippen LogP contribution in [0.4, 0.5) is 17.1 Å². The topological polar surface area (TPSA) is 16.4 Å². The van der Waals surface area contributed by atoms with Crippen molar-refractivity contribution in [2.75, 3.05) is 4.90 Å². The Labute approximate surface area is 373 Å². The standard InChI is InChI=1S/C62H43NO/c1-4-19-42(20-5-1)43-35-37-46(38-36-43)63(58-33-18-27-51-50-26-11-17-34-59(50)64-60(51)58)47-39-40-49-48-25-10-12-28-52(48)62(57(49)41-47)55-31-15-13-29-53(55)61(44-21-6-2-7-22-44,45-23-8-3-9-24-45)54-30-14-16-32-56(54)62/h1-2,4-8,10-41H,3,9H2. The van der Waals surface area contributed by atoms with E-state index in [2.05, 4.69) is 242 Å². The summed E-state index contributed by atoms with van der Waals surface area (Å²) < 4.78 is 6.82. The Morgan fingerprint density at radius 2 is 0.984 bits per heavy atom. The van der Waals surface area contributed by atoms with Crippen molar-refractivity contribution in [3.63, 3.8) is 0 Å². The van der Waals surface area contributed by atoms with Crippen molar-refractivity contribution in [1.29, 1.82) is 0 Å². The summed E-state index contributed by atoms with van der Waals surface area (Å²) >= 11 is 0. The summed E-state index contributed by atoms with van der Waals surface area (Å²) in [6.45, 7) is 0. The van der Waals surface area contributed by atoms with E-state index in [4.69, 9.17) is 4.42 Å². The Bertz CT molecular complexity index is 3450. The Hall–Kier alpha value is -7.94. The zero-order chi connectivity index (χ0) is 42.2.